The summed E-state index contributed by atoms with van der Waals surface area (Å²) < 4.78 is 1.58. The predicted molar refractivity (Wildman–Crippen MR) is 81.1 cm³/mol. The minimum atomic E-state index is 0.212. The van der Waals surface area contributed by atoms with E-state index < -0.39 is 0 Å². The first-order valence-electron chi connectivity index (χ1n) is 7.59. The van der Waals surface area contributed by atoms with E-state index in [1.54, 1.807) is 17.1 Å². The van der Waals surface area contributed by atoms with Crippen LogP contribution in [0, 0.1) is 0 Å². The third kappa shape index (κ3) is 3.68. The number of hydrogen-bond donors (Lipinski definition) is 2. The molecule has 1 fully saturated rings. The molecule has 0 spiro atoms. The molecule has 0 bridgehead atoms. The van der Waals surface area contributed by atoms with E-state index in [4.69, 9.17) is 5.73 Å². The van der Waals surface area contributed by atoms with Crippen LogP contribution >= 0.6 is 0 Å². The van der Waals surface area contributed by atoms with Crippen LogP contribution in [0.15, 0.2) is 18.5 Å². The van der Waals surface area contributed by atoms with Gasteiger partial charge in [0.2, 0.25) is 11.9 Å². The average Bonchev–Trinajstić information content (AvgIpc) is 2.95. The number of nitrogens with one attached hydrogen (secondary N) is 1. The first kappa shape index (κ1) is 13.8. The van der Waals surface area contributed by atoms with Gasteiger partial charge in [0.05, 0.1) is 0 Å². The van der Waals surface area contributed by atoms with E-state index in [0.717, 1.165) is 12.8 Å². The molecule has 3 rings (SSSR count). The van der Waals surface area contributed by atoms with Crippen molar-refractivity contribution in [2.45, 2.75) is 51.0 Å². The maximum absolute atomic E-state index is 5.78. The Hall–Kier alpha value is -2.18. The van der Waals surface area contributed by atoms with Gasteiger partial charge in [-0.1, -0.05) is 32.1 Å². The van der Waals surface area contributed by atoms with Gasteiger partial charge < -0.3 is 11.1 Å². The molecule has 7 heteroatoms. The largest absolute Gasteiger partial charge is 0.368 e. The maximum Gasteiger partial charge on any atom is 0.257 e. The molecule has 0 atom stereocenters. The molecule has 0 unspecified atom stereocenters. The number of nitrogen functional groups attached to an aromatic ring is 1. The molecule has 1 aliphatic rings. The van der Waals surface area contributed by atoms with Gasteiger partial charge in [0.1, 0.15) is 0 Å². The van der Waals surface area contributed by atoms with Gasteiger partial charge in [-0.2, -0.15) is 20.1 Å². The summed E-state index contributed by atoms with van der Waals surface area (Å²) in [7, 11) is 0. The number of nitrogens with zero attached hydrogens (tertiary/aromatic N) is 5. The van der Waals surface area contributed by atoms with Crippen molar-refractivity contribution >= 4 is 11.9 Å². The van der Waals surface area contributed by atoms with Gasteiger partial charge in [-0.25, -0.2) is 4.68 Å². The Labute approximate surface area is 124 Å². The summed E-state index contributed by atoms with van der Waals surface area (Å²) in [6.45, 7) is 0. The molecule has 3 N–H and O–H groups in total. The highest BCUT2D eigenvalue weighted by Gasteiger charge is 2.14. The zero-order valence-electron chi connectivity index (χ0n) is 12.1. The number of nitrogens with two attached hydrogens (primary N) is 1. The highest BCUT2D eigenvalue weighted by molar-refractivity contribution is 5.35. The number of hydrogen-bond acceptors (Lipinski definition) is 6. The Balaban J connectivity index is 1.75. The molecule has 0 aromatic carbocycles. The Morgan fingerprint density at radius 1 is 1.05 bits per heavy atom. The second-order valence-corrected chi connectivity index (χ2v) is 5.45. The number of aromatic nitrogens is 5. The van der Waals surface area contributed by atoms with Crippen LogP contribution in [-0.2, 0) is 0 Å². The summed E-state index contributed by atoms with van der Waals surface area (Å²) in [4.78, 5) is 12.7. The molecule has 21 heavy (non-hydrogen) atoms. The lowest BCUT2D eigenvalue weighted by Gasteiger charge is -2.21. The first-order valence-corrected chi connectivity index (χ1v) is 7.59. The van der Waals surface area contributed by atoms with Crippen LogP contribution in [0.1, 0.15) is 44.9 Å². The van der Waals surface area contributed by atoms with E-state index in [2.05, 4.69) is 25.4 Å². The second-order valence-electron chi connectivity index (χ2n) is 5.45. The van der Waals surface area contributed by atoms with E-state index in [0.29, 0.717) is 17.9 Å². The van der Waals surface area contributed by atoms with E-state index >= 15 is 0 Å². The van der Waals surface area contributed by atoms with E-state index in [-0.39, 0.29) is 5.95 Å². The molecule has 1 saturated carbocycles. The Kier molecular flexibility index (Phi) is 4.28. The highest BCUT2D eigenvalue weighted by Crippen LogP contribution is 2.19. The molecule has 0 radical (unpaired) electrons. The summed E-state index contributed by atoms with van der Waals surface area (Å²) in [5.41, 5.74) is 5.78. The number of rotatable bonds is 3. The van der Waals surface area contributed by atoms with Gasteiger partial charge in [-0.05, 0) is 18.9 Å². The minimum absolute atomic E-state index is 0.212. The van der Waals surface area contributed by atoms with Gasteiger partial charge in [-0.3, -0.25) is 0 Å². The van der Waals surface area contributed by atoms with E-state index in [1.165, 1.54) is 32.1 Å². The topological polar surface area (TPSA) is 94.5 Å². The summed E-state index contributed by atoms with van der Waals surface area (Å²) >= 11 is 0. The van der Waals surface area contributed by atoms with Crippen molar-refractivity contribution in [3.05, 3.63) is 18.5 Å². The Morgan fingerprint density at radius 3 is 2.52 bits per heavy atom. The summed E-state index contributed by atoms with van der Waals surface area (Å²) in [6, 6.07) is 2.24. The second kappa shape index (κ2) is 6.51. The van der Waals surface area contributed by atoms with Crippen LogP contribution < -0.4 is 11.1 Å². The van der Waals surface area contributed by atoms with Crippen LogP contribution in [0.5, 0.6) is 0 Å². The van der Waals surface area contributed by atoms with Crippen molar-refractivity contribution in [3.8, 4) is 5.95 Å². The maximum atomic E-state index is 5.78. The van der Waals surface area contributed by atoms with Crippen LogP contribution in [0.4, 0.5) is 11.9 Å². The normalized spacial score (nSPS) is 17.1. The lowest BCUT2D eigenvalue weighted by molar-refractivity contribution is 0.469. The van der Waals surface area contributed by atoms with Gasteiger partial charge in [0, 0.05) is 18.4 Å². The smallest absolute Gasteiger partial charge is 0.257 e. The van der Waals surface area contributed by atoms with Gasteiger partial charge >= 0.3 is 0 Å². The van der Waals surface area contributed by atoms with Crippen LogP contribution in [-0.4, -0.2) is 30.8 Å². The molecule has 2 aromatic rings. The zero-order chi connectivity index (χ0) is 14.5. The van der Waals surface area contributed by atoms with Crippen molar-refractivity contribution in [1.29, 1.82) is 0 Å². The minimum Gasteiger partial charge on any atom is -0.368 e. The van der Waals surface area contributed by atoms with Crippen molar-refractivity contribution in [3.63, 3.8) is 0 Å². The molecule has 0 aliphatic heterocycles. The fourth-order valence-electron chi connectivity index (χ4n) is 2.72. The van der Waals surface area contributed by atoms with Crippen LogP contribution in [0.3, 0.4) is 0 Å². The monoisotopic (exact) mass is 287 g/mol. The lowest BCUT2D eigenvalue weighted by atomic mass is 9.97. The molecule has 0 saturated heterocycles. The third-order valence-electron chi connectivity index (χ3n) is 3.79. The Bertz CT molecular complexity index is 559. The van der Waals surface area contributed by atoms with E-state index in [1.807, 2.05) is 6.07 Å². The van der Waals surface area contributed by atoms with Crippen LogP contribution in [0.2, 0.25) is 0 Å². The highest BCUT2D eigenvalue weighted by atomic mass is 15.4. The quantitative estimate of drug-likeness (QED) is 0.898. The lowest BCUT2D eigenvalue weighted by Crippen LogP contribution is -2.23. The zero-order valence-corrected chi connectivity index (χ0v) is 12.1. The summed E-state index contributed by atoms with van der Waals surface area (Å²) in [5.74, 6) is 1.20. The molecule has 2 heterocycles. The first-order chi connectivity index (χ1) is 10.3. The molecular weight excluding hydrogens is 266 g/mol. The molecule has 1 aliphatic carbocycles. The van der Waals surface area contributed by atoms with Crippen molar-refractivity contribution in [2.75, 3.05) is 11.1 Å². The standard InChI is InChI=1S/C14H21N7/c15-12-18-13(17-11-7-4-2-1-3-5-8-11)20-14(19-12)21-10-6-9-16-21/h6,9-11H,1-5,7-8H2,(H3,15,17,18,19,20). The van der Waals surface area contributed by atoms with Gasteiger partial charge in [-0.15, -0.1) is 0 Å². The van der Waals surface area contributed by atoms with Crippen molar-refractivity contribution in [1.82, 2.24) is 24.7 Å². The third-order valence-corrected chi connectivity index (χ3v) is 3.79. The molecule has 2 aromatic heterocycles. The number of anilines is 2. The summed E-state index contributed by atoms with van der Waals surface area (Å²) in [5, 5.41) is 7.53. The molecule has 0 amide bonds. The van der Waals surface area contributed by atoms with Crippen molar-refractivity contribution in [2.24, 2.45) is 0 Å². The predicted octanol–water partition coefficient (Wildman–Crippen LogP) is 2.16. The molecular formula is C14H21N7. The van der Waals surface area contributed by atoms with Gasteiger partial charge in [0.25, 0.3) is 5.95 Å². The average molecular weight is 287 g/mol. The molecule has 7 nitrogen and oxygen atoms in total. The van der Waals surface area contributed by atoms with Crippen molar-refractivity contribution < 1.29 is 0 Å². The molecule has 112 valence electrons. The summed E-state index contributed by atoms with van der Waals surface area (Å²) in [6.07, 6.45) is 12.3. The fraction of sp³-hybridized carbons (Fsp3) is 0.571. The van der Waals surface area contributed by atoms with Crippen LogP contribution in [0.25, 0.3) is 5.95 Å². The SMILES string of the molecule is Nc1nc(NC2CCCCCCC2)nc(-n2cccn2)n1. The van der Waals surface area contributed by atoms with Gasteiger partial charge in [0.15, 0.2) is 0 Å². The fourth-order valence-corrected chi connectivity index (χ4v) is 2.72. The van der Waals surface area contributed by atoms with E-state index in [9.17, 15) is 0 Å². The Morgan fingerprint density at radius 2 is 1.81 bits per heavy atom.